The molecule has 2 aromatic rings. The van der Waals surface area contributed by atoms with Crippen LogP contribution in [0.4, 0.5) is 6.01 Å². The first-order valence-electron chi connectivity index (χ1n) is 9.94. The van der Waals surface area contributed by atoms with Crippen molar-refractivity contribution in [3.63, 3.8) is 0 Å². The topological polar surface area (TPSA) is 62.5 Å². The highest BCUT2D eigenvalue weighted by Gasteiger charge is 2.30. The predicted octanol–water partition coefficient (Wildman–Crippen LogP) is 4.66. The Morgan fingerprint density at radius 2 is 1.61 bits per heavy atom. The van der Waals surface area contributed by atoms with Crippen LogP contribution in [-0.2, 0) is 4.79 Å². The number of benzene rings is 1. The van der Waals surface area contributed by atoms with E-state index in [0.717, 1.165) is 57.4 Å². The summed E-state index contributed by atoms with van der Waals surface area (Å²) in [7, 11) is 0. The summed E-state index contributed by atoms with van der Waals surface area (Å²) in [4.78, 5) is 21.4. The minimum atomic E-state index is 0.100. The lowest BCUT2D eigenvalue weighted by molar-refractivity contribution is -0.136. The molecule has 1 aromatic carbocycles. The maximum Gasteiger partial charge on any atom is 0.324 e. The molecule has 0 aliphatic carbocycles. The molecule has 0 N–H and O–H groups in total. The van der Waals surface area contributed by atoms with Gasteiger partial charge in [0.1, 0.15) is 0 Å². The molecule has 1 amide bonds. The summed E-state index contributed by atoms with van der Waals surface area (Å²) in [5, 5.41) is 5.12. The van der Waals surface area contributed by atoms with Crippen molar-refractivity contribution in [2.75, 3.05) is 31.1 Å². The smallest absolute Gasteiger partial charge is 0.324 e. The van der Waals surface area contributed by atoms with E-state index in [0.29, 0.717) is 27.8 Å². The van der Waals surface area contributed by atoms with E-state index in [4.69, 9.17) is 27.7 Å². The summed E-state index contributed by atoms with van der Waals surface area (Å²) in [6.07, 6.45) is 6.36. The third kappa shape index (κ3) is 4.44. The third-order valence-corrected chi connectivity index (χ3v) is 6.00. The molecule has 3 heterocycles. The Morgan fingerprint density at radius 1 is 0.964 bits per heavy atom. The van der Waals surface area contributed by atoms with Crippen LogP contribution in [0.2, 0.25) is 10.0 Å². The number of aromatic nitrogens is 2. The molecular weight excluding hydrogens is 399 g/mol. The van der Waals surface area contributed by atoms with E-state index in [1.807, 2.05) is 0 Å². The number of hydrogen-bond acceptors (Lipinski definition) is 5. The Hall–Kier alpha value is -1.79. The molecule has 28 heavy (non-hydrogen) atoms. The van der Waals surface area contributed by atoms with Gasteiger partial charge < -0.3 is 14.3 Å². The number of likely N-dealkylation sites (tertiary alicyclic amines) is 1. The molecule has 8 heteroatoms. The van der Waals surface area contributed by atoms with E-state index in [1.165, 1.54) is 12.8 Å². The number of hydrogen-bond donors (Lipinski definition) is 0. The highest BCUT2D eigenvalue weighted by molar-refractivity contribution is 6.35. The van der Waals surface area contributed by atoms with Crippen molar-refractivity contribution in [1.29, 1.82) is 0 Å². The Balaban J connectivity index is 1.37. The van der Waals surface area contributed by atoms with Crippen LogP contribution in [0.15, 0.2) is 22.7 Å². The Bertz CT molecular complexity index is 805. The second-order valence-corrected chi connectivity index (χ2v) is 8.43. The average Bonchev–Trinajstić information content (AvgIpc) is 3.03. The molecule has 0 radical (unpaired) electrons. The van der Waals surface area contributed by atoms with Crippen molar-refractivity contribution >= 4 is 35.1 Å². The highest BCUT2D eigenvalue weighted by atomic mass is 35.5. The van der Waals surface area contributed by atoms with Crippen molar-refractivity contribution in [2.24, 2.45) is 5.92 Å². The fraction of sp³-hybridized carbons (Fsp3) is 0.550. The number of anilines is 1. The van der Waals surface area contributed by atoms with Gasteiger partial charge in [0.25, 0.3) is 0 Å². The summed E-state index contributed by atoms with van der Waals surface area (Å²) < 4.78 is 5.45. The number of nitrogens with zero attached hydrogens (tertiary/aromatic N) is 4. The van der Waals surface area contributed by atoms with E-state index in [2.05, 4.69) is 19.9 Å². The number of rotatable bonds is 3. The van der Waals surface area contributed by atoms with Gasteiger partial charge in [0.05, 0.1) is 0 Å². The first-order chi connectivity index (χ1) is 13.6. The van der Waals surface area contributed by atoms with Gasteiger partial charge in [-0.3, -0.25) is 4.79 Å². The molecule has 2 saturated heterocycles. The SMILES string of the molecule is O=C(C1CCN(c2nc(-c3cc(Cl)cc(Cl)c3)no2)CC1)N1CCCCCC1. The van der Waals surface area contributed by atoms with Crippen LogP contribution in [-0.4, -0.2) is 47.1 Å². The molecule has 6 nitrogen and oxygen atoms in total. The van der Waals surface area contributed by atoms with Gasteiger partial charge in [-0.2, -0.15) is 4.98 Å². The molecule has 2 aliphatic heterocycles. The van der Waals surface area contributed by atoms with Crippen molar-refractivity contribution in [3.8, 4) is 11.4 Å². The van der Waals surface area contributed by atoms with Gasteiger partial charge in [-0.25, -0.2) is 0 Å². The van der Waals surface area contributed by atoms with Gasteiger partial charge in [-0.15, -0.1) is 0 Å². The van der Waals surface area contributed by atoms with Crippen LogP contribution < -0.4 is 4.90 Å². The molecule has 0 saturated carbocycles. The first kappa shape index (κ1) is 19.5. The summed E-state index contributed by atoms with van der Waals surface area (Å²) in [6, 6.07) is 5.66. The number of halogens is 2. The predicted molar refractivity (Wildman–Crippen MR) is 110 cm³/mol. The van der Waals surface area contributed by atoms with Gasteiger partial charge in [-0.1, -0.05) is 41.2 Å². The maximum absolute atomic E-state index is 12.8. The van der Waals surface area contributed by atoms with E-state index < -0.39 is 0 Å². The van der Waals surface area contributed by atoms with Gasteiger partial charge in [-0.05, 0) is 43.9 Å². The Morgan fingerprint density at radius 3 is 2.25 bits per heavy atom. The quantitative estimate of drug-likeness (QED) is 0.719. The fourth-order valence-electron chi connectivity index (χ4n) is 4.01. The first-order valence-corrected chi connectivity index (χ1v) is 10.7. The number of carbonyl (C=O) groups is 1. The van der Waals surface area contributed by atoms with Crippen molar-refractivity contribution in [2.45, 2.75) is 38.5 Å². The maximum atomic E-state index is 12.8. The van der Waals surface area contributed by atoms with Crippen molar-refractivity contribution in [3.05, 3.63) is 28.2 Å². The second kappa shape index (κ2) is 8.70. The third-order valence-electron chi connectivity index (χ3n) is 5.57. The zero-order valence-electron chi connectivity index (χ0n) is 15.7. The Labute approximate surface area is 174 Å². The molecule has 4 rings (SSSR count). The van der Waals surface area contributed by atoms with Crippen LogP contribution in [0.1, 0.15) is 38.5 Å². The summed E-state index contributed by atoms with van der Waals surface area (Å²) in [5.41, 5.74) is 0.721. The molecule has 0 spiro atoms. The lowest BCUT2D eigenvalue weighted by Gasteiger charge is -2.33. The fourth-order valence-corrected chi connectivity index (χ4v) is 4.54. The molecule has 150 valence electrons. The zero-order chi connectivity index (χ0) is 19.5. The molecule has 0 unspecified atom stereocenters. The molecule has 0 atom stereocenters. The average molecular weight is 423 g/mol. The van der Waals surface area contributed by atoms with Crippen LogP contribution in [0.3, 0.4) is 0 Å². The summed E-state index contributed by atoms with van der Waals surface area (Å²) in [6.45, 7) is 3.30. The van der Waals surface area contributed by atoms with E-state index in [9.17, 15) is 4.79 Å². The molecular formula is C20H24Cl2N4O2. The molecule has 0 bridgehead atoms. The van der Waals surface area contributed by atoms with Crippen LogP contribution in [0, 0.1) is 5.92 Å². The van der Waals surface area contributed by atoms with Gasteiger partial charge in [0.2, 0.25) is 11.7 Å². The largest absolute Gasteiger partial charge is 0.342 e. The lowest BCUT2D eigenvalue weighted by Crippen LogP contribution is -2.43. The molecule has 2 fully saturated rings. The van der Waals surface area contributed by atoms with E-state index in [1.54, 1.807) is 18.2 Å². The Kier molecular flexibility index (Phi) is 6.07. The second-order valence-electron chi connectivity index (χ2n) is 7.56. The summed E-state index contributed by atoms with van der Waals surface area (Å²) >= 11 is 12.1. The highest BCUT2D eigenvalue weighted by Crippen LogP contribution is 2.29. The van der Waals surface area contributed by atoms with Gasteiger partial charge in [0, 0.05) is 47.7 Å². The zero-order valence-corrected chi connectivity index (χ0v) is 17.3. The normalized spacial score (nSPS) is 18.9. The van der Waals surface area contributed by atoms with E-state index >= 15 is 0 Å². The lowest BCUT2D eigenvalue weighted by atomic mass is 9.95. The number of piperidine rings is 1. The minimum absolute atomic E-state index is 0.100. The van der Waals surface area contributed by atoms with Crippen LogP contribution >= 0.6 is 23.2 Å². The van der Waals surface area contributed by atoms with Crippen LogP contribution in [0.25, 0.3) is 11.4 Å². The van der Waals surface area contributed by atoms with Crippen LogP contribution in [0.5, 0.6) is 0 Å². The number of carbonyl (C=O) groups excluding carboxylic acids is 1. The van der Waals surface area contributed by atoms with E-state index in [-0.39, 0.29) is 5.92 Å². The summed E-state index contributed by atoms with van der Waals surface area (Å²) in [5.74, 6) is 0.881. The monoisotopic (exact) mass is 422 g/mol. The van der Waals surface area contributed by atoms with Gasteiger partial charge in [0.15, 0.2) is 0 Å². The molecule has 2 aliphatic rings. The molecule has 1 aromatic heterocycles. The number of amides is 1. The van der Waals surface area contributed by atoms with Crippen molar-refractivity contribution in [1.82, 2.24) is 15.0 Å². The van der Waals surface area contributed by atoms with Gasteiger partial charge >= 0.3 is 6.01 Å². The standard InChI is InChI=1S/C20H24Cl2N4O2/c21-16-11-15(12-17(22)13-16)18-23-20(28-24-18)26-9-5-14(6-10-26)19(27)25-7-3-1-2-4-8-25/h11-14H,1-10H2. The minimum Gasteiger partial charge on any atom is -0.342 e. The van der Waals surface area contributed by atoms with Crippen molar-refractivity contribution < 1.29 is 9.32 Å².